The van der Waals surface area contributed by atoms with Gasteiger partial charge in [-0.3, -0.25) is 9.59 Å². The van der Waals surface area contributed by atoms with Gasteiger partial charge in [-0.2, -0.15) is 0 Å². The molecule has 0 radical (unpaired) electrons. The second-order valence-electron chi connectivity index (χ2n) is 10.3. The van der Waals surface area contributed by atoms with E-state index in [1.807, 2.05) is 34.1 Å². The molecule has 6 nitrogen and oxygen atoms in total. The lowest BCUT2D eigenvalue weighted by Crippen LogP contribution is -2.49. The highest BCUT2D eigenvalue weighted by atomic mass is 16.2. The van der Waals surface area contributed by atoms with E-state index < -0.39 is 0 Å². The van der Waals surface area contributed by atoms with Gasteiger partial charge in [0, 0.05) is 57.7 Å². The Hall–Kier alpha value is -2.37. The second kappa shape index (κ2) is 9.41. The third-order valence-corrected chi connectivity index (χ3v) is 6.64. The first-order valence-electron chi connectivity index (χ1n) is 11.5. The van der Waals surface area contributed by atoms with Gasteiger partial charge in [-0.1, -0.05) is 45.0 Å². The number of benzene rings is 1. The Kier molecular flexibility index (Phi) is 7.07. The fourth-order valence-corrected chi connectivity index (χ4v) is 4.62. The average molecular weight is 428 g/mol. The van der Waals surface area contributed by atoms with E-state index in [1.165, 1.54) is 5.56 Å². The van der Waals surface area contributed by atoms with Crippen molar-refractivity contribution in [2.75, 3.05) is 40.3 Å². The van der Waals surface area contributed by atoms with Crippen LogP contribution in [-0.4, -0.2) is 72.7 Å². The van der Waals surface area contributed by atoms with Gasteiger partial charge >= 0.3 is 6.03 Å². The normalized spacial score (nSPS) is 20.5. The summed E-state index contributed by atoms with van der Waals surface area (Å²) in [4.78, 5) is 43.6. The van der Waals surface area contributed by atoms with E-state index in [9.17, 15) is 14.4 Å². The maximum absolute atomic E-state index is 13.1. The van der Waals surface area contributed by atoms with E-state index in [1.54, 1.807) is 19.0 Å². The highest BCUT2D eigenvalue weighted by Gasteiger charge is 2.34. The fraction of sp³-hybridized carbons (Fsp3) is 0.640. The van der Waals surface area contributed by atoms with E-state index >= 15 is 0 Å². The van der Waals surface area contributed by atoms with Crippen molar-refractivity contribution < 1.29 is 14.4 Å². The molecule has 0 spiro atoms. The number of ketones is 1. The summed E-state index contributed by atoms with van der Waals surface area (Å²) in [6, 6.07) is 7.96. The standard InChI is InChI=1S/C25H37N3O3/c1-25(2,3)21-10-8-18(9-11-21)22(29)20-7-6-14-28(17-20)23(30)19-12-15-27(16-13-19)24(31)26(4)5/h8-11,19-20H,6-7,12-17H2,1-5H3/t20-/m0/s1. The van der Waals surface area contributed by atoms with E-state index in [-0.39, 0.29) is 35.0 Å². The van der Waals surface area contributed by atoms with Crippen molar-refractivity contribution in [1.29, 1.82) is 0 Å². The summed E-state index contributed by atoms with van der Waals surface area (Å²) < 4.78 is 0. The number of urea groups is 1. The maximum atomic E-state index is 13.1. The van der Waals surface area contributed by atoms with Gasteiger partial charge in [-0.15, -0.1) is 0 Å². The Labute approximate surface area is 186 Å². The number of hydrogen-bond acceptors (Lipinski definition) is 3. The third kappa shape index (κ3) is 5.46. The second-order valence-corrected chi connectivity index (χ2v) is 10.3. The molecule has 1 atom stereocenters. The minimum Gasteiger partial charge on any atom is -0.342 e. The molecule has 3 amide bonds. The monoisotopic (exact) mass is 427 g/mol. The summed E-state index contributed by atoms with van der Waals surface area (Å²) in [5, 5.41) is 0. The van der Waals surface area contributed by atoms with Gasteiger partial charge in [0.1, 0.15) is 0 Å². The zero-order valence-electron chi connectivity index (χ0n) is 19.7. The molecular weight excluding hydrogens is 390 g/mol. The van der Waals surface area contributed by atoms with Gasteiger partial charge in [0.2, 0.25) is 5.91 Å². The molecule has 170 valence electrons. The van der Waals surface area contributed by atoms with Crippen molar-refractivity contribution >= 4 is 17.7 Å². The van der Waals surface area contributed by atoms with Crippen LogP contribution >= 0.6 is 0 Å². The van der Waals surface area contributed by atoms with Crippen LogP contribution in [0.5, 0.6) is 0 Å². The van der Waals surface area contributed by atoms with Crippen LogP contribution in [-0.2, 0) is 10.2 Å². The summed E-state index contributed by atoms with van der Waals surface area (Å²) in [7, 11) is 3.50. The SMILES string of the molecule is CN(C)C(=O)N1CCC(C(=O)N2CCC[C@H](C(=O)c3ccc(C(C)(C)C)cc3)C2)CC1. The van der Waals surface area contributed by atoms with Crippen molar-refractivity contribution in [1.82, 2.24) is 14.7 Å². The lowest BCUT2D eigenvalue weighted by atomic mass is 9.84. The molecule has 31 heavy (non-hydrogen) atoms. The summed E-state index contributed by atoms with van der Waals surface area (Å²) in [6.45, 7) is 8.95. The maximum Gasteiger partial charge on any atom is 0.319 e. The topological polar surface area (TPSA) is 60.9 Å². The number of hydrogen-bond donors (Lipinski definition) is 0. The predicted molar refractivity (Wildman–Crippen MR) is 122 cm³/mol. The summed E-state index contributed by atoms with van der Waals surface area (Å²) in [5.41, 5.74) is 2.01. The van der Waals surface area contributed by atoms with Crippen molar-refractivity contribution in [3.63, 3.8) is 0 Å². The molecule has 0 saturated carbocycles. The minimum atomic E-state index is -0.131. The molecule has 3 rings (SSSR count). The number of carbonyl (C=O) groups excluding carboxylic acids is 3. The highest BCUT2D eigenvalue weighted by molar-refractivity contribution is 5.98. The molecule has 2 aliphatic rings. The first-order chi connectivity index (χ1) is 14.6. The van der Waals surface area contributed by atoms with Crippen LogP contribution in [0, 0.1) is 11.8 Å². The lowest BCUT2D eigenvalue weighted by molar-refractivity contribution is -0.138. The highest BCUT2D eigenvalue weighted by Crippen LogP contribution is 2.27. The van der Waals surface area contributed by atoms with Gasteiger partial charge in [-0.05, 0) is 36.7 Å². The van der Waals surface area contributed by atoms with Gasteiger partial charge in [-0.25, -0.2) is 4.79 Å². The molecule has 2 fully saturated rings. The molecule has 2 saturated heterocycles. The molecule has 0 aliphatic carbocycles. The number of nitrogens with zero attached hydrogens (tertiary/aromatic N) is 3. The van der Waals surface area contributed by atoms with Crippen molar-refractivity contribution in [2.24, 2.45) is 11.8 Å². The number of likely N-dealkylation sites (tertiary alicyclic amines) is 2. The van der Waals surface area contributed by atoms with Crippen LogP contribution in [0.15, 0.2) is 24.3 Å². The largest absolute Gasteiger partial charge is 0.342 e. The minimum absolute atomic E-state index is 0.00649. The molecule has 0 bridgehead atoms. The first-order valence-corrected chi connectivity index (χ1v) is 11.5. The Morgan fingerprint density at radius 3 is 2.03 bits per heavy atom. The summed E-state index contributed by atoms with van der Waals surface area (Å²) in [6.07, 6.45) is 3.09. The van der Waals surface area contributed by atoms with Crippen molar-refractivity contribution in [2.45, 2.75) is 51.9 Å². The zero-order chi connectivity index (χ0) is 22.8. The molecule has 2 heterocycles. The van der Waals surface area contributed by atoms with Gasteiger partial charge in [0.25, 0.3) is 0 Å². The van der Waals surface area contributed by atoms with Crippen LogP contribution in [0.2, 0.25) is 0 Å². The first kappa shape index (κ1) is 23.3. The average Bonchev–Trinajstić information content (AvgIpc) is 2.77. The zero-order valence-corrected chi connectivity index (χ0v) is 19.7. The molecule has 6 heteroatoms. The van der Waals surface area contributed by atoms with Crippen LogP contribution in [0.3, 0.4) is 0 Å². The molecule has 0 aromatic heterocycles. The summed E-state index contributed by atoms with van der Waals surface area (Å²) >= 11 is 0. The Balaban J connectivity index is 1.58. The van der Waals surface area contributed by atoms with Crippen LogP contribution in [0.1, 0.15) is 62.4 Å². The molecule has 0 N–H and O–H groups in total. The smallest absolute Gasteiger partial charge is 0.319 e. The lowest BCUT2D eigenvalue weighted by Gasteiger charge is -2.38. The number of piperidine rings is 2. The van der Waals surface area contributed by atoms with Gasteiger partial charge in [0.15, 0.2) is 5.78 Å². The Bertz CT molecular complexity index is 802. The Morgan fingerprint density at radius 2 is 1.48 bits per heavy atom. The molecule has 1 aromatic carbocycles. The third-order valence-electron chi connectivity index (χ3n) is 6.64. The number of carbonyl (C=O) groups is 3. The quantitative estimate of drug-likeness (QED) is 0.690. The number of Topliss-reactive ketones (excluding diaryl/α,β-unsaturated/α-hetero) is 1. The molecular formula is C25H37N3O3. The number of rotatable bonds is 3. The van der Waals surface area contributed by atoms with Gasteiger partial charge < -0.3 is 14.7 Å². The van der Waals surface area contributed by atoms with E-state index in [4.69, 9.17) is 0 Å². The summed E-state index contributed by atoms with van der Waals surface area (Å²) in [5.74, 6) is 0.113. The van der Waals surface area contributed by atoms with Gasteiger partial charge in [0.05, 0.1) is 0 Å². The van der Waals surface area contributed by atoms with E-state index in [0.717, 1.165) is 24.9 Å². The van der Waals surface area contributed by atoms with Crippen LogP contribution < -0.4 is 0 Å². The molecule has 2 aliphatic heterocycles. The number of amides is 3. The molecule has 1 aromatic rings. The van der Waals surface area contributed by atoms with Crippen molar-refractivity contribution in [3.8, 4) is 0 Å². The van der Waals surface area contributed by atoms with Crippen LogP contribution in [0.25, 0.3) is 0 Å². The Morgan fingerprint density at radius 1 is 0.871 bits per heavy atom. The fourth-order valence-electron chi connectivity index (χ4n) is 4.62. The van der Waals surface area contributed by atoms with E-state index in [0.29, 0.717) is 32.5 Å². The predicted octanol–water partition coefficient (Wildman–Crippen LogP) is 3.80. The van der Waals surface area contributed by atoms with E-state index in [2.05, 4.69) is 20.8 Å². The van der Waals surface area contributed by atoms with Crippen LogP contribution in [0.4, 0.5) is 4.79 Å². The van der Waals surface area contributed by atoms with Crippen molar-refractivity contribution in [3.05, 3.63) is 35.4 Å². The molecule has 0 unspecified atom stereocenters.